The van der Waals surface area contributed by atoms with E-state index in [9.17, 15) is 22.4 Å². The van der Waals surface area contributed by atoms with Crippen molar-refractivity contribution < 1.29 is 22.4 Å². The normalized spacial score (nSPS) is 11.9. The number of Topliss-reactive ketones (excluding diaryl/α,β-unsaturated/α-hetero) is 1. The molecule has 18 heavy (non-hydrogen) atoms. The summed E-state index contributed by atoms with van der Waals surface area (Å²) >= 11 is 0. The lowest BCUT2D eigenvalue weighted by atomic mass is 10.1. The average molecular weight is 263 g/mol. The van der Waals surface area contributed by atoms with E-state index in [-0.39, 0.29) is 18.7 Å². The maximum atomic E-state index is 12.6. The van der Waals surface area contributed by atoms with Crippen molar-refractivity contribution in [3.63, 3.8) is 0 Å². The number of carbonyl (C=O) groups excluding carboxylic acids is 1. The molecule has 0 heterocycles. The topological polar surface area (TPSA) is 20.3 Å². The molecule has 0 amide bonds. The molecule has 1 rings (SSSR count). The van der Waals surface area contributed by atoms with E-state index in [1.165, 1.54) is 31.3 Å². The lowest BCUT2D eigenvalue weighted by Gasteiger charge is -2.17. The third-order valence-electron chi connectivity index (χ3n) is 2.21. The Balaban J connectivity index is 2.44. The summed E-state index contributed by atoms with van der Waals surface area (Å²) in [7, 11) is 1.23. The van der Waals surface area contributed by atoms with Crippen LogP contribution in [0, 0.1) is 5.82 Å². The molecule has 6 heteroatoms. The Morgan fingerprint density at radius 3 is 2.28 bits per heavy atom. The van der Waals surface area contributed by atoms with Crippen LogP contribution < -0.4 is 0 Å². The molecule has 0 atom stereocenters. The first kappa shape index (κ1) is 14.6. The molecule has 0 aliphatic heterocycles. The van der Waals surface area contributed by atoms with Crippen molar-refractivity contribution in [3.05, 3.63) is 35.6 Å². The van der Waals surface area contributed by atoms with Gasteiger partial charge in [0.1, 0.15) is 5.82 Å². The van der Waals surface area contributed by atoms with Crippen LogP contribution in [-0.4, -0.2) is 37.0 Å². The molecule has 1 aromatic rings. The second-order valence-corrected chi connectivity index (χ2v) is 4.13. The molecular weight excluding hydrogens is 250 g/mol. The largest absolute Gasteiger partial charge is 0.401 e. The van der Waals surface area contributed by atoms with Gasteiger partial charge in [-0.15, -0.1) is 0 Å². The summed E-state index contributed by atoms with van der Waals surface area (Å²) in [6.45, 7) is -1.40. The van der Waals surface area contributed by atoms with Crippen LogP contribution in [0.1, 0.15) is 5.56 Å². The Morgan fingerprint density at radius 2 is 1.78 bits per heavy atom. The number of halogens is 4. The number of ketones is 1. The third kappa shape index (κ3) is 5.77. The Kier molecular flexibility index (Phi) is 4.84. The zero-order valence-electron chi connectivity index (χ0n) is 9.80. The molecule has 0 radical (unpaired) electrons. The summed E-state index contributed by atoms with van der Waals surface area (Å²) in [6.07, 6.45) is -4.31. The molecular formula is C12H13F4NO. The van der Waals surface area contributed by atoms with E-state index < -0.39 is 18.5 Å². The number of benzene rings is 1. The van der Waals surface area contributed by atoms with Gasteiger partial charge in [-0.1, -0.05) is 12.1 Å². The van der Waals surface area contributed by atoms with Gasteiger partial charge in [0.25, 0.3) is 0 Å². The third-order valence-corrected chi connectivity index (χ3v) is 2.21. The number of carbonyl (C=O) groups is 1. The van der Waals surface area contributed by atoms with Crippen molar-refractivity contribution in [1.29, 1.82) is 0 Å². The van der Waals surface area contributed by atoms with Gasteiger partial charge in [0, 0.05) is 6.42 Å². The summed E-state index contributed by atoms with van der Waals surface area (Å²) in [5, 5.41) is 0. The van der Waals surface area contributed by atoms with Gasteiger partial charge in [-0.05, 0) is 24.7 Å². The Morgan fingerprint density at radius 1 is 1.22 bits per heavy atom. The molecule has 2 nitrogen and oxygen atoms in total. The molecule has 0 aliphatic carbocycles. The van der Waals surface area contributed by atoms with Gasteiger partial charge in [-0.2, -0.15) is 13.2 Å². The predicted octanol–water partition coefficient (Wildman–Crippen LogP) is 2.43. The molecule has 0 bridgehead atoms. The molecule has 0 fully saturated rings. The van der Waals surface area contributed by atoms with E-state index in [4.69, 9.17) is 0 Å². The minimum absolute atomic E-state index is 0.00246. The highest BCUT2D eigenvalue weighted by Crippen LogP contribution is 2.15. The first-order chi connectivity index (χ1) is 8.26. The van der Waals surface area contributed by atoms with Crippen molar-refractivity contribution in [3.8, 4) is 0 Å². The van der Waals surface area contributed by atoms with E-state index in [1.54, 1.807) is 0 Å². The van der Waals surface area contributed by atoms with E-state index in [2.05, 4.69) is 0 Å². The minimum atomic E-state index is -4.31. The zero-order chi connectivity index (χ0) is 13.8. The Hall–Kier alpha value is -1.43. The summed E-state index contributed by atoms with van der Waals surface area (Å²) in [6, 6.07) is 5.30. The minimum Gasteiger partial charge on any atom is -0.298 e. The standard InChI is InChI=1S/C12H13F4NO/c1-17(8-12(14,15)16)7-11(18)6-9-2-4-10(13)5-3-9/h2-5H,6-8H2,1H3. The number of nitrogens with zero attached hydrogens (tertiary/aromatic N) is 1. The van der Waals surface area contributed by atoms with Gasteiger partial charge in [-0.3, -0.25) is 9.69 Å². The van der Waals surface area contributed by atoms with Crippen LogP contribution in [0.15, 0.2) is 24.3 Å². The SMILES string of the molecule is CN(CC(=O)Cc1ccc(F)cc1)CC(F)(F)F. The molecule has 0 saturated heterocycles. The first-order valence-electron chi connectivity index (χ1n) is 5.28. The maximum Gasteiger partial charge on any atom is 0.401 e. The molecule has 0 aromatic heterocycles. The molecule has 0 N–H and O–H groups in total. The Labute approximate surface area is 102 Å². The van der Waals surface area contributed by atoms with E-state index in [0.29, 0.717) is 5.56 Å². The first-order valence-corrected chi connectivity index (χ1v) is 5.28. The van der Waals surface area contributed by atoms with Crippen LogP contribution in [0.4, 0.5) is 17.6 Å². The summed E-state index contributed by atoms with van der Waals surface area (Å²) < 4.78 is 48.7. The van der Waals surface area contributed by atoms with Crippen LogP contribution in [0.25, 0.3) is 0 Å². The zero-order valence-corrected chi connectivity index (χ0v) is 9.80. The number of rotatable bonds is 5. The molecule has 0 unspecified atom stereocenters. The molecule has 100 valence electrons. The number of hydrogen-bond donors (Lipinski definition) is 0. The number of likely N-dealkylation sites (N-methyl/N-ethyl adjacent to an activating group) is 1. The van der Waals surface area contributed by atoms with Gasteiger partial charge in [-0.25, -0.2) is 4.39 Å². The molecule has 0 spiro atoms. The van der Waals surface area contributed by atoms with E-state index >= 15 is 0 Å². The summed E-state index contributed by atoms with van der Waals surface area (Å²) in [5.41, 5.74) is 0.585. The van der Waals surface area contributed by atoms with Crippen LogP contribution in [0.2, 0.25) is 0 Å². The fraction of sp³-hybridized carbons (Fsp3) is 0.417. The quantitative estimate of drug-likeness (QED) is 0.760. The smallest absolute Gasteiger partial charge is 0.298 e. The lowest BCUT2D eigenvalue weighted by Crippen LogP contribution is -2.35. The van der Waals surface area contributed by atoms with Gasteiger partial charge in [0.2, 0.25) is 0 Å². The summed E-state index contributed by atoms with van der Waals surface area (Å²) in [5.74, 6) is -0.756. The van der Waals surface area contributed by atoms with Crippen LogP contribution in [0.5, 0.6) is 0 Å². The van der Waals surface area contributed by atoms with Gasteiger partial charge >= 0.3 is 6.18 Å². The molecule has 1 aromatic carbocycles. The maximum absolute atomic E-state index is 12.6. The van der Waals surface area contributed by atoms with E-state index in [0.717, 1.165) is 4.90 Å². The Bertz CT molecular complexity index is 400. The van der Waals surface area contributed by atoms with Gasteiger partial charge in [0.05, 0.1) is 13.1 Å². The molecule has 0 aliphatic rings. The average Bonchev–Trinajstić information content (AvgIpc) is 2.18. The lowest BCUT2D eigenvalue weighted by molar-refractivity contribution is -0.145. The monoisotopic (exact) mass is 263 g/mol. The predicted molar refractivity (Wildman–Crippen MR) is 58.7 cm³/mol. The van der Waals surface area contributed by atoms with Crippen LogP contribution >= 0.6 is 0 Å². The second kappa shape index (κ2) is 5.95. The van der Waals surface area contributed by atoms with Crippen molar-refractivity contribution in [2.75, 3.05) is 20.1 Å². The number of alkyl halides is 3. The van der Waals surface area contributed by atoms with Crippen molar-refractivity contribution >= 4 is 5.78 Å². The van der Waals surface area contributed by atoms with Gasteiger partial charge in [0.15, 0.2) is 5.78 Å². The number of hydrogen-bond acceptors (Lipinski definition) is 2. The van der Waals surface area contributed by atoms with Crippen molar-refractivity contribution in [1.82, 2.24) is 4.90 Å². The highest BCUT2D eigenvalue weighted by molar-refractivity contribution is 5.82. The highest BCUT2D eigenvalue weighted by atomic mass is 19.4. The fourth-order valence-corrected chi connectivity index (χ4v) is 1.55. The molecule has 0 saturated carbocycles. The second-order valence-electron chi connectivity index (χ2n) is 4.13. The van der Waals surface area contributed by atoms with E-state index in [1.807, 2.05) is 0 Å². The van der Waals surface area contributed by atoms with Crippen molar-refractivity contribution in [2.45, 2.75) is 12.6 Å². The highest BCUT2D eigenvalue weighted by Gasteiger charge is 2.29. The van der Waals surface area contributed by atoms with Crippen LogP contribution in [-0.2, 0) is 11.2 Å². The van der Waals surface area contributed by atoms with Crippen molar-refractivity contribution in [2.24, 2.45) is 0 Å². The van der Waals surface area contributed by atoms with Gasteiger partial charge < -0.3 is 0 Å². The fourth-order valence-electron chi connectivity index (χ4n) is 1.55. The summed E-state index contributed by atoms with van der Waals surface area (Å²) in [4.78, 5) is 12.4. The van der Waals surface area contributed by atoms with Crippen LogP contribution in [0.3, 0.4) is 0 Å².